The van der Waals surface area contributed by atoms with Crippen LogP contribution in [0.5, 0.6) is 0 Å². The van der Waals surface area contributed by atoms with Crippen LogP contribution in [0.2, 0.25) is 0 Å². The summed E-state index contributed by atoms with van der Waals surface area (Å²) in [5.74, 6) is -1.09. The van der Waals surface area contributed by atoms with Crippen molar-refractivity contribution < 1.29 is 13.5 Å². The minimum Gasteiger partial charge on any atom is -0.371 e. The molecule has 2 unspecified atom stereocenters. The van der Waals surface area contributed by atoms with Gasteiger partial charge in [0.1, 0.15) is 18.2 Å². The standard InChI is InChI=1S/C19H21F2N5O/c1-19(2,3)26-18-12(9-24-26)17(22-10-23-18)25-15-6-7-27-16(15)11-4-5-13(20)14(21)8-11/h4-5,8-10,15-16H,6-7H2,1-3H3,(H,22,23,25). The van der Waals surface area contributed by atoms with Crippen molar-refractivity contribution in [3.8, 4) is 0 Å². The Balaban J connectivity index is 1.65. The van der Waals surface area contributed by atoms with E-state index in [9.17, 15) is 8.78 Å². The van der Waals surface area contributed by atoms with Crippen molar-refractivity contribution in [1.82, 2.24) is 19.7 Å². The second-order valence-electron chi connectivity index (χ2n) is 7.69. The lowest BCUT2D eigenvalue weighted by atomic mass is 10.0. The van der Waals surface area contributed by atoms with Gasteiger partial charge in [0, 0.05) is 6.61 Å². The molecule has 3 aromatic rings. The first-order valence-corrected chi connectivity index (χ1v) is 8.87. The Morgan fingerprint density at radius 2 is 2.00 bits per heavy atom. The number of halogens is 2. The quantitative estimate of drug-likeness (QED) is 0.756. The zero-order valence-electron chi connectivity index (χ0n) is 15.4. The lowest BCUT2D eigenvalue weighted by molar-refractivity contribution is 0.107. The second-order valence-corrected chi connectivity index (χ2v) is 7.69. The number of rotatable bonds is 3. The minimum absolute atomic E-state index is 0.119. The summed E-state index contributed by atoms with van der Waals surface area (Å²) in [6, 6.07) is 3.74. The lowest BCUT2D eigenvalue weighted by Crippen LogP contribution is -2.25. The molecular weight excluding hydrogens is 352 g/mol. The summed E-state index contributed by atoms with van der Waals surface area (Å²) in [5.41, 5.74) is 1.13. The zero-order chi connectivity index (χ0) is 19.2. The predicted molar refractivity (Wildman–Crippen MR) is 97.4 cm³/mol. The van der Waals surface area contributed by atoms with Gasteiger partial charge in [-0.2, -0.15) is 5.10 Å². The number of nitrogens with one attached hydrogen (secondary N) is 1. The topological polar surface area (TPSA) is 64.9 Å². The maximum atomic E-state index is 13.6. The highest BCUT2D eigenvalue weighted by atomic mass is 19.2. The number of nitrogens with zero attached hydrogens (tertiary/aromatic N) is 4. The van der Waals surface area contributed by atoms with Gasteiger partial charge in [-0.25, -0.2) is 23.4 Å². The van der Waals surface area contributed by atoms with E-state index >= 15 is 0 Å². The maximum Gasteiger partial charge on any atom is 0.163 e. The Kier molecular flexibility index (Phi) is 4.30. The molecule has 1 fully saturated rings. The number of anilines is 1. The maximum absolute atomic E-state index is 13.6. The van der Waals surface area contributed by atoms with E-state index in [1.807, 2.05) is 4.68 Å². The summed E-state index contributed by atoms with van der Waals surface area (Å²) in [7, 11) is 0. The summed E-state index contributed by atoms with van der Waals surface area (Å²) in [4.78, 5) is 8.73. The van der Waals surface area contributed by atoms with Crippen LogP contribution in [0.15, 0.2) is 30.7 Å². The molecule has 142 valence electrons. The Hall–Kier alpha value is -2.61. The van der Waals surface area contributed by atoms with Gasteiger partial charge in [-0.05, 0) is 44.9 Å². The highest BCUT2D eigenvalue weighted by Gasteiger charge is 2.31. The van der Waals surface area contributed by atoms with Crippen LogP contribution in [0.1, 0.15) is 38.9 Å². The van der Waals surface area contributed by atoms with E-state index in [2.05, 4.69) is 41.2 Å². The van der Waals surface area contributed by atoms with Gasteiger partial charge >= 0.3 is 0 Å². The van der Waals surface area contributed by atoms with Crippen LogP contribution in [-0.2, 0) is 10.3 Å². The van der Waals surface area contributed by atoms with Crippen LogP contribution in [0.3, 0.4) is 0 Å². The molecule has 2 atom stereocenters. The molecule has 0 saturated carbocycles. The van der Waals surface area contributed by atoms with Gasteiger partial charge in [0.15, 0.2) is 17.3 Å². The molecule has 0 spiro atoms. The number of aromatic nitrogens is 4. The van der Waals surface area contributed by atoms with E-state index in [1.165, 1.54) is 12.4 Å². The molecule has 8 heteroatoms. The van der Waals surface area contributed by atoms with Crippen LogP contribution in [0, 0.1) is 11.6 Å². The Bertz CT molecular complexity index is 982. The number of hydrogen-bond acceptors (Lipinski definition) is 5. The molecule has 0 radical (unpaired) electrons. The first kappa shape index (κ1) is 17.8. The van der Waals surface area contributed by atoms with E-state index in [-0.39, 0.29) is 17.7 Å². The fourth-order valence-electron chi connectivity index (χ4n) is 3.38. The molecule has 1 saturated heterocycles. The molecule has 0 amide bonds. The minimum atomic E-state index is -0.877. The third kappa shape index (κ3) is 3.25. The lowest BCUT2D eigenvalue weighted by Gasteiger charge is -2.22. The molecule has 1 aliphatic rings. The van der Waals surface area contributed by atoms with Crippen molar-refractivity contribution in [2.24, 2.45) is 0 Å². The van der Waals surface area contributed by atoms with E-state index < -0.39 is 11.6 Å². The molecule has 1 aromatic carbocycles. The van der Waals surface area contributed by atoms with Crippen molar-refractivity contribution >= 4 is 16.9 Å². The molecule has 27 heavy (non-hydrogen) atoms. The molecule has 0 bridgehead atoms. The summed E-state index contributed by atoms with van der Waals surface area (Å²) < 4.78 is 34.5. The molecule has 3 heterocycles. The van der Waals surface area contributed by atoms with Crippen molar-refractivity contribution in [3.63, 3.8) is 0 Å². The summed E-state index contributed by atoms with van der Waals surface area (Å²) >= 11 is 0. The first-order valence-electron chi connectivity index (χ1n) is 8.87. The average Bonchev–Trinajstić information content (AvgIpc) is 3.24. The van der Waals surface area contributed by atoms with Crippen LogP contribution in [-0.4, -0.2) is 32.4 Å². The van der Waals surface area contributed by atoms with Gasteiger partial charge in [0.05, 0.1) is 23.2 Å². The van der Waals surface area contributed by atoms with Crippen LogP contribution in [0.4, 0.5) is 14.6 Å². The molecule has 2 aromatic heterocycles. The largest absolute Gasteiger partial charge is 0.371 e. The second kappa shape index (κ2) is 6.53. The van der Waals surface area contributed by atoms with Gasteiger partial charge in [-0.1, -0.05) is 6.07 Å². The van der Waals surface area contributed by atoms with Crippen LogP contribution >= 0.6 is 0 Å². The number of ether oxygens (including phenoxy) is 1. The smallest absolute Gasteiger partial charge is 0.163 e. The van der Waals surface area contributed by atoms with Crippen LogP contribution in [0.25, 0.3) is 11.0 Å². The van der Waals surface area contributed by atoms with E-state index in [0.717, 1.165) is 23.5 Å². The Morgan fingerprint density at radius 3 is 2.74 bits per heavy atom. The Morgan fingerprint density at radius 1 is 1.19 bits per heavy atom. The SMILES string of the molecule is CC(C)(C)n1ncc2c(NC3CCOC3c3ccc(F)c(F)c3)ncnc21. The van der Waals surface area contributed by atoms with Gasteiger partial charge in [-0.3, -0.25) is 0 Å². The fraction of sp³-hybridized carbons (Fsp3) is 0.421. The van der Waals surface area contributed by atoms with Gasteiger partial charge in [0.25, 0.3) is 0 Å². The van der Waals surface area contributed by atoms with Gasteiger partial charge in [0.2, 0.25) is 0 Å². The number of benzene rings is 1. The highest BCUT2D eigenvalue weighted by Crippen LogP contribution is 2.33. The van der Waals surface area contributed by atoms with Crippen molar-refractivity contribution in [1.29, 1.82) is 0 Å². The summed E-state index contributed by atoms with van der Waals surface area (Å²) in [5, 5.41) is 8.65. The van der Waals surface area contributed by atoms with E-state index in [4.69, 9.17) is 4.74 Å². The number of hydrogen-bond donors (Lipinski definition) is 1. The Labute approximate surface area is 155 Å². The molecule has 6 nitrogen and oxygen atoms in total. The van der Waals surface area contributed by atoms with Gasteiger partial charge in [-0.15, -0.1) is 0 Å². The molecule has 1 N–H and O–H groups in total. The monoisotopic (exact) mass is 373 g/mol. The molecule has 1 aliphatic heterocycles. The van der Waals surface area contributed by atoms with Crippen molar-refractivity contribution in [2.45, 2.75) is 44.9 Å². The van der Waals surface area contributed by atoms with Gasteiger partial charge < -0.3 is 10.1 Å². The average molecular weight is 373 g/mol. The number of fused-ring (bicyclic) bond motifs is 1. The first-order chi connectivity index (χ1) is 12.8. The van der Waals surface area contributed by atoms with E-state index in [1.54, 1.807) is 12.3 Å². The third-order valence-corrected chi connectivity index (χ3v) is 4.69. The van der Waals surface area contributed by atoms with Crippen molar-refractivity contribution in [3.05, 3.63) is 47.9 Å². The zero-order valence-corrected chi connectivity index (χ0v) is 15.4. The fourth-order valence-corrected chi connectivity index (χ4v) is 3.38. The normalized spacial score (nSPS) is 20.3. The molecule has 0 aliphatic carbocycles. The van der Waals surface area contributed by atoms with Crippen molar-refractivity contribution in [2.75, 3.05) is 11.9 Å². The molecule has 4 rings (SSSR count). The third-order valence-electron chi connectivity index (χ3n) is 4.69. The summed E-state index contributed by atoms with van der Waals surface area (Å²) in [6.07, 6.45) is 3.58. The van der Waals surface area contributed by atoms with Crippen LogP contribution < -0.4 is 5.32 Å². The van der Waals surface area contributed by atoms with E-state index in [0.29, 0.717) is 18.0 Å². The molecular formula is C19H21F2N5O. The predicted octanol–water partition coefficient (Wildman–Crippen LogP) is 3.80. The highest BCUT2D eigenvalue weighted by molar-refractivity contribution is 5.86. The summed E-state index contributed by atoms with van der Waals surface area (Å²) in [6.45, 7) is 6.69.